The summed E-state index contributed by atoms with van der Waals surface area (Å²) in [6.07, 6.45) is 3.79. The maximum atomic E-state index is 13.7. The number of halogens is 2. The molecular weight excluding hydrogens is 306 g/mol. The number of carbonyl (C=O) groups is 1. The average molecular weight is 318 g/mol. The van der Waals surface area contributed by atoms with E-state index in [1.54, 1.807) is 0 Å². The van der Waals surface area contributed by atoms with E-state index in [9.17, 15) is 22.0 Å². The first kappa shape index (κ1) is 16.9. The van der Waals surface area contributed by atoms with Crippen LogP contribution in [0.5, 0.6) is 5.75 Å². The molecule has 3 N–H and O–H groups in total. The van der Waals surface area contributed by atoms with Crippen LogP contribution in [-0.4, -0.2) is 27.0 Å². The van der Waals surface area contributed by atoms with Gasteiger partial charge in [0.25, 0.3) is 5.91 Å². The Hall–Kier alpha value is -2.18. The van der Waals surface area contributed by atoms with Gasteiger partial charge in [-0.3, -0.25) is 4.79 Å². The molecule has 1 atom stereocenters. The molecule has 1 aromatic rings. The van der Waals surface area contributed by atoms with Crippen LogP contribution in [0.3, 0.4) is 0 Å². The zero-order chi connectivity index (χ0) is 16.2. The molecule has 1 rings (SSSR count). The normalized spacial score (nSPS) is 12.3. The summed E-state index contributed by atoms with van der Waals surface area (Å²) in [7, 11) is -4.40. The molecule has 0 aromatic heterocycles. The topological polar surface area (TPSA) is 98.5 Å². The fourth-order valence-electron chi connectivity index (χ4n) is 1.35. The van der Waals surface area contributed by atoms with E-state index in [4.69, 9.17) is 16.3 Å². The van der Waals surface area contributed by atoms with Crippen molar-refractivity contribution < 1.29 is 26.7 Å². The number of rotatable bonds is 5. The van der Waals surface area contributed by atoms with Crippen LogP contribution in [0.1, 0.15) is 6.92 Å². The van der Waals surface area contributed by atoms with Crippen molar-refractivity contribution in [3.05, 3.63) is 23.8 Å². The van der Waals surface area contributed by atoms with E-state index in [0.717, 1.165) is 12.1 Å². The van der Waals surface area contributed by atoms with Crippen LogP contribution in [-0.2, 0) is 14.8 Å². The first-order valence-corrected chi connectivity index (χ1v) is 7.11. The number of carbonyl (C=O) groups excluding carboxylic acids is 1. The lowest BCUT2D eigenvalue weighted by atomic mass is 10.3. The Kier molecular flexibility index (Phi) is 5.23. The van der Waals surface area contributed by atoms with Crippen molar-refractivity contribution in [2.45, 2.75) is 17.9 Å². The number of terminal acetylenes is 1. The van der Waals surface area contributed by atoms with E-state index in [1.165, 1.54) is 6.92 Å². The minimum absolute atomic E-state index is 0.0479. The quantitative estimate of drug-likeness (QED) is 0.754. The van der Waals surface area contributed by atoms with Crippen molar-refractivity contribution in [1.82, 2.24) is 5.32 Å². The molecule has 0 saturated carbocycles. The molecule has 1 aromatic carbocycles. The number of primary sulfonamides is 1. The van der Waals surface area contributed by atoms with Crippen LogP contribution in [0, 0.1) is 24.0 Å². The summed E-state index contributed by atoms with van der Waals surface area (Å²) in [5, 5.41) is 7.01. The number of hydrogen-bond acceptors (Lipinski definition) is 4. The van der Waals surface area contributed by atoms with Crippen molar-refractivity contribution >= 4 is 15.9 Å². The fourth-order valence-corrected chi connectivity index (χ4v) is 1.95. The number of amides is 1. The minimum Gasteiger partial charge on any atom is -0.478 e. The van der Waals surface area contributed by atoms with Gasteiger partial charge in [-0.1, -0.05) is 5.92 Å². The molecule has 0 bridgehead atoms. The first-order valence-electron chi connectivity index (χ1n) is 5.57. The van der Waals surface area contributed by atoms with Crippen molar-refractivity contribution in [3.63, 3.8) is 0 Å². The van der Waals surface area contributed by atoms with Gasteiger partial charge in [-0.05, 0) is 19.1 Å². The summed E-state index contributed by atoms with van der Waals surface area (Å²) >= 11 is 0. The molecule has 0 heterocycles. The van der Waals surface area contributed by atoms with Crippen molar-refractivity contribution in [1.29, 1.82) is 0 Å². The van der Waals surface area contributed by atoms with E-state index in [0.29, 0.717) is 0 Å². The number of sulfonamides is 1. The molecule has 114 valence electrons. The van der Waals surface area contributed by atoms with E-state index in [-0.39, 0.29) is 6.54 Å². The predicted octanol–water partition coefficient (Wildman–Crippen LogP) is 0.129. The van der Waals surface area contributed by atoms with E-state index in [1.807, 2.05) is 0 Å². The Morgan fingerprint density at radius 2 is 2.10 bits per heavy atom. The molecule has 0 saturated heterocycles. The van der Waals surface area contributed by atoms with Gasteiger partial charge in [0.15, 0.2) is 17.7 Å². The molecule has 0 spiro atoms. The highest BCUT2D eigenvalue weighted by atomic mass is 32.2. The van der Waals surface area contributed by atoms with E-state index >= 15 is 0 Å². The third-order valence-electron chi connectivity index (χ3n) is 2.36. The largest absolute Gasteiger partial charge is 0.478 e. The van der Waals surface area contributed by atoms with Gasteiger partial charge >= 0.3 is 0 Å². The Bertz CT molecular complexity index is 698. The number of hydrogen-bond donors (Lipinski definition) is 2. The Morgan fingerprint density at radius 3 is 2.62 bits per heavy atom. The molecule has 6 nitrogen and oxygen atoms in total. The van der Waals surface area contributed by atoms with Crippen LogP contribution < -0.4 is 15.2 Å². The van der Waals surface area contributed by atoms with E-state index < -0.39 is 44.3 Å². The highest BCUT2D eigenvalue weighted by Crippen LogP contribution is 2.25. The summed E-state index contributed by atoms with van der Waals surface area (Å²) in [5.74, 6) is -2.33. The molecule has 0 aliphatic rings. The standard InChI is InChI=1S/C12H12F2N2O4S/c1-3-6-16-12(17)7(2)20-8-4-5-9(21(15,18)19)11(14)10(8)13/h1,4-5,7H,6H2,2H3,(H,16,17)(H2,15,18,19). The summed E-state index contributed by atoms with van der Waals surface area (Å²) < 4.78 is 54.2. The van der Waals surface area contributed by atoms with Gasteiger partial charge in [0.2, 0.25) is 15.8 Å². The lowest BCUT2D eigenvalue weighted by molar-refractivity contribution is -0.127. The molecular formula is C12H12F2N2O4S. The molecule has 1 unspecified atom stereocenters. The summed E-state index contributed by atoms with van der Waals surface area (Å²) in [6.45, 7) is 1.24. The third kappa shape index (κ3) is 4.14. The molecule has 0 aliphatic heterocycles. The second-order valence-electron chi connectivity index (χ2n) is 3.92. The Morgan fingerprint density at radius 1 is 1.48 bits per heavy atom. The lowest BCUT2D eigenvalue weighted by Gasteiger charge is -2.15. The van der Waals surface area contributed by atoms with Gasteiger partial charge in [-0.25, -0.2) is 17.9 Å². The van der Waals surface area contributed by atoms with Crippen molar-refractivity contribution in [3.8, 4) is 18.1 Å². The Labute approximate surface area is 120 Å². The summed E-state index contributed by atoms with van der Waals surface area (Å²) in [5.41, 5.74) is 0. The molecule has 0 fully saturated rings. The number of ether oxygens (including phenoxy) is 1. The average Bonchev–Trinajstić information content (AvgIpc) is 2.39. The zero-order valence-corrected chi connectivity index (χ0v) is 11.7. The fraction of sp³-hybridized carbons (Fsp3) is 0.250. The van der Waals surface area contributed by atoms with Gasteiger partial charge in [-0.2, -0.15) is 4.39 Å². The summed E-state index contributed by atoms with van der Waals surface area (Å²) in [4.78, 5) is 10.5. The summed E-state index contributed by atoms with van der Waals surface area (Å²) in [6, 6.07) is 1.61. The van der Waals surface area contributed by atoms with Crippen molar-refractivity contribution in [2.75, 3.05) is 6.54 Å². The SMILES string of the molecule is C#CCNC(=O)C(C)Oc1ccc(S(N)(=O)=O)c(F)c1F. The first-order chi connectivity index (χ1) is 9.68. The van der Waals surface area contributed by atoms with Gasteiger partial charge < -0.3 is 10.1 Å². The highest BCUT2D eigenvalue weighted by Gasteiger charge is 2.23. The van der Waals surface area contributed by atoms with Gasteiger partial charge in [-0.15, -0.1) is 6.42 Å². The maximum absolute atomic E-state index is 13.7. The highest BCUT2D eigenvalue weighted by molar-refractivity contribution is 7.89. The molecule has 21 heavy (non-hydrogen) atoms. The number of nitrogens with one attached hydrogen (secondary N) is 1. The van der Waals surface area contributed by atoms with Crippen LogP contribution in [0.15, 0.2) is 17.0 Å². The number of nitrogens with two attached hydrogens (primary N) is 1. The maximum Gasteiger partial charge on any atom is 0.261 e. The Balaban J connectivity index is 2.99. The van der Waals surface area contributed by atoms with Crippen LogP contribution in [0.4, 0.5) is 8.78 Å². The minimum atomic E-state index is -4.40. The van der Waals surface area contributed by atoms with Gasteiger partial charge in [0, 0.05) is 0 Å². The van der Waals surface area contributed by atoms with Gasteiger partial charge in [0.05, 0.1) is 6.54 Å². The van der Waals surface area contributed by atoms with Gasteiger partial charge in [0.1, 0.15) is 4.90 Å². The van der Waals surface area contributed by atoms with Crippen molar-refractivity contribution in [2.24, 2.45) is 5.14 Å². The molecule has 0 radical (unpaired) electrons. The van der Waals surface area contributed by atoms with E-state index in [2.05, 4.69) is 11.2 Å². The number of benzene rings is 1. The van der Waals surface area contributed by atoms with Crippen LogP contribution in [0.25, 0.3) is 0 Å². The predicted molar refractivity (Wildman–Crippen MR) is 69.7 cm³/mol. The molecule has 9 heteroatoms. The molecule has 1 amide bonds. The van der Waals surface area contributed by atoms with Crippen LogP contribution >= 0.6 is 0 Å². The lowest BCUT2D eigenvalue weighted by Crippen LogP contribution is -2.36. The molecule has 0 aliphatic carbocycles. The van der Waals surface area contributed by atoms with Crippen LogP contribution in [0.2, 0.25) is 0 Å². The zero-order valence-electron chi connectivity index (χ0n) is 10.9. The second kappa shape index (κ2) is 6.51. The monoisotopic (exact) mass is 318 g/mol. The smallest absolute Gasteiger partial charge is 0.261 e. The second-order valence-corrected chi connectivity index (χ2v) is 5.45. The third-order valence-corrected chi connectivity index (χ3v) is 3.28.